The van der Waals surface area contributed by atoms with Gasteiger partial charge in [0.2, 0.25) is 0 Å². The van der Waals surface area contributed by atoms with Crippen LogP contribution in [0.4, 0.5) is 0 Å². The molecule has 2 aromatic carbocycles. The van der Waals surface area contributed by atoms with E-state index in [1.54, 1.807) is 0 Å². The van der Waals surface area contributed by atoms with E-state index in [0.29, 0.717) is 12.0 Å². The van der Waals surface area contributed by atoms with Crippen molar-refractivity contribution < 1.29 is 0 Å². The van der Waals surface area contributed by atoms with Crippen molar-refractivity contribution in [2.24, 2.45) is 0 Å². The van der Waals surface area contributed by atoms with Crippen LogP contribution in [0.1, 0.15) is 23.5 Å². The first-order valence-electron chi connectivity index (χ1n) is 7.34. The van der Waals surface area contributed by atoms with Gasteiger partial charge in [-0.15, -0.1) is 0 Å². The van der Waals surface area contributed by atoms with Crippen LogP contribution < -0.4 is 5.32 Å². The monoisotopic (exact) mass is 283 g/mol. The summed E-state index contributed by atoms with van der Waals surface area (Å²) < 4.78 is 0. The fourth-order valence-corrected chi connectivity index (χ4v) is 3.97. The Bertz CT molecular complexity index is 466. The summed E-state index contributed by atoms with van der Waals surface area (Å²) in [5, 5.41) is 3.76. The second-order valence-corrected chi connectivity index (χ2v) is 6.49. The molecule has 3 rings (SSSR count). The van der Waals surface area contributed by atoms with Crippen LogP contribution in [0.25, 0.3) is 0 Å². The molecular weight excluding hydrogens is 262 g/mol. The van der Waals surface area contributed by atoms with Gasteiger partial charge in [-0.1, -0.05) is 60.7 Å². The topological polar surface area (TPSA) is 12.0 Å². The standard InChI is InChI=1S/C18H21NS/c1-3-7-15(8-4-1)18(16-9-5-2-6-10-16)13-19-17-11-12-20-14-17/h1-10,17-19H,11-14H2. The molecule has 1 saturated heterocycles. The van der Waals surface area contributed by atoms with E-state index in [-0.39, 0.29) is 0 Å². The number of nitrogens with one attached hydrogen (secondary N) is 1. The van der Waals surface area contributed by atoms with E-state index in [2.05, 4.69) is 77.7 Å². The van der Waals surface area contributed by atoms with Gasteiger partial charge in [0.25, 0.3) is 0 Å². The summed E-state index contributed by atoms with van der Waals surface area (Å²) in [6.07, 6.45) is 1.31. The molecule has 1 aliphatic rings. The van der Waals surface area contributed by atoms with Gasteiger partial charge in [-0.05, 0) is 23.3 Å². The molecule has 104 valence electrons. The minimum Gasteiger partial charge on any atom is -0.312 e. The molecule has 1 nitrogen and oxygen atoms in total. The van der Waals surface area contributed by atoms with E-state index >= 15 is 0 Å². The third-order valence-electron chi connectivity index (χ3n) is 3.94. The predicted octanol–water partition coefficient (Wildman–Crippen LogP) is 3.91. The molecule has 0 amide bonds. The third kappa shape index (κ3) is 3.44. The highest BCUT2D eigenvalue weighted by Gasteiger charge is 2.18. The number of hydrogen-bond acceptors (Lipinski definition) is 2. The lowest BCUT2D eigenvalue weighted by molar-refractivity contribution is 0.537. The van der Waals surface area contributed by atoms with E-state index in [0.717, 1.165) is 6.54 Å². The molecule has 0 spiro atoms. The Kier molecular flexibility index (Phi) is 4.77. The summed E-state index contributed by atoms with van der Waals surface area (Å²) >= 11 is 2.06. The van der Waals surface area contributed by atoms with Gasteiger partial charge in [0.1, 0.15) is 0 Å². The average molecular weight is 283 g/mol. The number of hydrogen-bond donors (Lipinski definition) is 1. The molecule has 1 fully saturated rings. The zero-order chi connectivity index (χ0) is 13.6. The maximum atomic E-state index is 3.76. The van der Waals surface area contributed by atoms with Crippen molar-refractivity contribution in [3.05, 3.63) is 71.8 Å². The van der Waals surface area contributed by atoms with Gasteiger partial charge in [0.15, 0.2) is 0 Å². The molecule has 20 heavy (non-hydrogen) atoms. The quantitative estimate of drug-likeness (QED) is 0.893. The largest absolute Gasteiger partial charge is 0.312 e. The zero-order valence-corrected chi connectivity index (χ0v) is 12.5. The Hall–Kier alpha value is -1.25. The Balaban J connectivity index is 1.76. The van der Waals surface area contributed by atoms with Crippen LogP contribution >= 0.6 is 11.8 Å². The highest BCUT2D eigenvalue weighted by atomic mass is 32.2. The summed E-state index contributed by atoms with van der Waals surface area (Å²) in [7, 11) is 0. The SMILES string of the molecule is c1ccc(C(CNC2CCSC2)c2ccccc2)cc1. The number of benzene rings is 2. The van der Waals surface area contributed by atoms with Crippen LogP contribution in [0.2, 0.25) is 0 Å². The first-order chi connectivity index (χ1) is 9.93. The van der Waals surface area contributed by atoms with Crippen molar-refractivity contribution in [2.75, 3.05) is 18.1 Å². The van der Waals surface area contributed by atoms with Crippen LogP contribution in [0, 0.1) is 0 Å². The molecule has 1 atom stereocenters. The summed E-state index contributed by atoms with van der Waals surface area (Å²) in [4.78, 5) is 0. The van der Waals surface area contributed by atoms with Gasteiger partial charge in [0, 0.05) is 24.3 Å². The predicted molar refractivity (Wildman–Crippen MR) is 88.5 cm³/mol. The Morgan fingerprint density at radius 1 is 0.950 bits per heavy atom. The minimum atomic E-state index is 0.447. The van der Waals surface area contributed by atoms with Crippen LogP contribution in [0.3, 0.4) is 0 Å². The van der Waals surface area contributed by atoms with E-state index in [1.807, 2.05) is 0 Å². The van der Waals surface area contributed by atoms with E-state index in [4.69, 9.17) is 0 Å². The summed E-state index contributed by atoms with van der Waals surface area (Å²) in [6, 6.07) is 22.4. The number of thioether (sulfide) groups is 1. The van der Waals surface area contributed by atoms with Crippen LogP contribution in [-0.2, 0) is 0 Å². The lowest BCUT2D eigenvalue weighted by Gasteiger charge is -2.21. The normalized spacial score (nSPS) is 18.6. The third-order valence-corrected chi connectivity index (χ3v) is 5.11. The molecule has 0 radical (unpaired) electrons. The van der Waals surface area contributed by atoms with E-state index < -0.39 is 0 Å². The highest BCUT2D eigenvalue weighted by molar-refractivity contribution is 7.99. The molecule has 1 heterocycles. The lowest BCUT2D eigenvalue weighted by atomic mass is 9.91. The van der Waals surface area contributed by atoms with Crippen molar-refractivity contribution in [3.8, 4) is 0 Å². The molecule has 0 bridgehead atoms. The molecule has 0 aromatic heterocycles. The van der Waals surface area contributed by atoms with Gasteiger partial charge in [-0.25, -0.2) is 0 Å². The van der Waals surface area contributed by atoms with Crippen LogP contribution in [0.15, 0.2) is 60.7 Å². The lowest BCUT2D eigenvalue weighted by Crippen LogP contribution is -2.32. The molecule has 0 saturated carbocycles. The van der Waals surface area contributed by atoms with Gasteiger partial charge in [-0.3, -0.25) is 0 Å². The second kappa shape index (κ2) is 6.96. The Morgan fingerprint density at radius 2 is 1.55 bits per heavy atom. The summed E-state index contributed by atoms with van der Waals surface area (Å²) in [6.45, 7) is 1.03. The fraction of sp³-hybridized carbons (Fsp3) is 0.333. The van der Waals surface area contributed by atoms with E-state index in [9.17, 15) is 0 Å². The van der Waals surface area contributed by atoms with Crippen molar-refractivity contribution >= 4 is 11.8 Å². The molecule has 2 aromatic rings. The number of rotatable bonds is 5. The van der Waals surface area contributed by atoms with Gasteiger partial charge >= 0.3 is 0 Å². The van der Waals surface area contributed by atoms with Crippen LogP contribution in [0.5, 0.6) is 0 Å². The fourth-order valence-electron chi connectivity index (χ4n) is 2.78. The minimum absolute atomic E-state index is 0.447. The summed E-state index contributed by atoms with van der Waals surface area (Å²) in [5.74, 6) is 3.01. The molecule has 2 heteroatoms. The van der Waals surface area contributed by atoms with E-state index in [1.165, 1.54) is 29.1 Å². The van der Waals surface area contributed by atoms with Gasteiger partial charge in [0.05, 0.1) is 0 Å². The highest BCUT2D eigenvalue weighted by Crippen LogP contribution is 2.25. The molecular formula is C18H21NS. The first-order valence-corrected chi connectivity index (χ1v) is 8.50. The molecule has 0 aliphatic carbocycles. The van der Waals surface area contributed by atoms with Crippen molar-refractivity contribution in [1.29, 1.82) is 0 Å². The van der Waals surface area contributed by atoms with Gasteiger partial charge in [-0.2, -0.15) is 11.8 Å². The molecule has 1 N–H and O–H groups in total. The maximum absolute atomic E-state index is 3.76. The van der Waals surface area contributed by atoms with Crippen molar-refractivity contribution in [3.63, 3.8) is 0 Å². The van der Waals surface area contributed by atoms with Crippen LogP contribution in [-0.4, -0.2) is 24.1 Å². The Labute approximate surface area is 125 Å². The zero-order valence-electron chi connectivity index (χ0n) is 11.7. The van der Waals surface area contributed by atoms with Crippen molar-refractivity contribution in [2.45, 2.75) is 18.4 Å². The molecule has 1 aliphatic heterocycles. The second-order valence-electron chi connectivity index (χ2n) is 5.34. The smallest absolute Gasteiger partial charge is 0.0214 e. The van der Waals surface area contributed by atoms with Crippen molar-refractivity contribution in [1.82, 2.24) is 5.32 Å². The maximum Gasteiger partial charge on any atom is 0.0214 e. The summed E-state index contributed by atoms with van der Waals surface area (Å²) in [5.41, 5.74) is 2.80. The Morgan fingerprint density at radius 3 is 2.05 bits per heavy atom. The van der Waals surface area contributed by atoms with Gasteiger partial charge < -0.3 is 5.32 Å². The average Bonchev–Trinajstić information content (AvgIpc) is 3.03. The molecule has 1 unspecified atom stereocenters. The first kappa shape index (κ1) is 13.7.